The average Bonchev–Trinajstić information content (AvgIpc) is 3.29. The Bertz CT molecular complexity index is 888. The highest BCUT2D eigenvalue weighted by Crippen LogP contribution is 2.19. The molecule has 0 bridgehead atoms. The maximum absolute atomic E-state index is 12.2. The van der Waals surface area contributed by atoms with Crippen molar-refractivity contribution in [3.05, 3.63) is 68.8 Å². The summed E-state index contributed by atoms with van der Waals surface area (Å²) in [5.74, 6) is 0.131. The Balaban J connectivity index is 1.55. The molecule has 0 aliphatic carbocycles. The lowest BCUT2D eigenvalue weighted by molar-refractivity contribution is -0.119. The van der Waals surface area contributed by atoms with Gasteiger partial charge in [0.15, 0.2) is 5.16 Å². The summed E-state index contributed by atoms with van der Waals surface area (Å²) >= 11 is 2.88. The molecule has 1 aromatic carbocycles. The molecule has 0 saturated heterocycles. The number of thioether (sulfide) groups is 1. The molecule has 0 aliphatic rings. The van der Waals surface area contributed by atoms with Gasteiger partial charge in [0.1, 0.15) is 0 Å². The Kier molecular flexibility index (Phi) is 6.30. The number of thiophene rings is 1. The first-order chi connectivity index (χ1) is 12.6. The molecule has 0 aliphatic heterocycles. The number of nitrogens with zero attached hydrogens (tertiary/aromatic N) is 2. The van der Waals surface area contributed by atoms with E-state index in [-0.39, 0.29) is 23.4 Å². The predicted molar refractivity (Wildman–Crippen MR) is 105 cm³/mol. The van der Waals surface area contributed by atoms with Gasteiger partial charge >= 0.3 is 5.69 Å². The lowest BCUT2D eigenvalue weighted by Crippen LogP contribution is -2.28. The lowest BCUT2D eigenvalue weighted by Gasteiger charge is -2.12. The van der Waals surface area contributed by atoms with Gasteiger partial charge < -0.3 is 5.32 Å². The van der Waals surface area contributed by atoms with Gasteiger partial charge in [0.2, 0.25) is 5.91 Å². The van der Waals surface area contributed by atoms with Crippen LogP contribution in [0.25, 0.3) is 0 Å². The predicted octanol–water partition coefficient (Wildman–Crippen LogP) is 2.85. The fraction of sp³-hybridized carbons (Fsp3) is 0.278. The molecule has 1 unspecified atom stereocenters. The molecule has 0 fully saturated rings. The van der Waals surface area contributed by atoms with Gasteiger partial charge in [0.25, 0.3) is 0 Å². The van der Waals surface area contributed by atoms with E-state index in [1.807, 2.05) is 54.8 Å². The number of amides is 1. The van der Waals surface area contributed by atoms with Gasteiger partial charge in [-0.05, 0) is 30.4 Å². The van der Waals surface area contributed by atoms with Crippen LogP contribution in [0.15, 0.2) is 57.8 Å². The maximum atomic E-state index is 12.2. The first kappa shape index (κ1) is 18.5. The summed E-state index contributed by atoms with van der Waals surface area (Å²) in [4.78, 5) is 25.3. The molecule has 3 rings (SSSR count). The molecule has 0 spiro atoms. The first-order valence-corrected chi connectivity index (χ1v) is 10.1. The number of carbonyl (C=O) groups excluding carboxylic acids is 1. The van der Waals surface area contributed by atoms with Gasteiger partial charge in [0, 0.05) is 11.4 Å². The van der Waals surface area contributed by atoms with Crippen LogP contribution in [0.1, 0.15) is 23.4 Å². The largest absolute Gasteiger partial charge is 0.348 e. The third kappa shape index (κ3) is 4.86. The highest BCUT2D eigenvalue weighted by molar-refractivity contribution is 7.99. The topological polar surface area (TPSA) is 79.8 Å². The second kappa shape index (κ2) is 8.86. The minimum atomic E-state index is -0.254. The molecule has 1 atom stereocenters. The number of benzene rings is 1. The van der Waals surface area contributed by atoms with E-state index in [1.54, 1.807) is 15.9 Å². The molecule has 2 heterocycles. The van der Waals surface area contributed by atoms with Crippen LogP contribution in [0.2, 0.25) is 0 Å². The van der Waals surface area contributed by atoms with E-state index in [9.17, 15) is 9.59 Å². The van der Waals surface area contributed by atoms with Gasteiger partial charge in [-0.15, -0.1) is 16.4 Å². The van der Waals surface area contributed by atoms with Crippen molar-refractivity contribution in [1.82, 2.24) is 20.1 Å². The van der Waals surface area contributed by atoms with Crippen LogP contribution in [-0.4, -0.2) is 26.4 Å². The second-order valence-electron chi connectivity index (χ2n) is 5.79. The maximum Gasteiger partial charge on any atom is 0.343 e. The zero-order chi connectivity index (χ0) is 18.4. The molecule has 1 amide bonds. The Labute approximate surface area is 159 Å². The highest BCUT2D eigenvalue weighted by atomic mass is 32.2. The Hall–Kier alpha value is -2.32. The molecule has 8 heteroatoms. The van der Waals surface area contributed by atoms with Gasteiger partial charge in [-0.1, -0.05) is 48.2 Å². The smallest absolute Gasteiger partial charge is 0.343 e. The highest BCUT2D eigenvalue weighted by Gasteiger charge is 2.14. The van der Waals surface area contributed by atoms with Gasteiger partial charge in [-0.25, -0.2) is 9.89 Å². The van der Waals surface area contributed by atoms with Crippen molar-refractivity contribution >= 4 is 29.0 Å². The van der Waals surface area contributed by atoms with Crippen molar-refractivity contribution < 1.29 is 4.79 Å². The minimum Gasteiger partial charge on any atom is -0.348 e. The number of carbonyl (C=O) groups is 1. The van der Waals surface area contributed by atoms with Crippen LogP contribution < -0.4 is 11.0 Å². The third-order valence-corrected chi connectivity index (χ3v) is 5.90. The quantitative estimate of drug-likeness (QED) is 0.582. The Morgan fingerprint density at radius 1 is 1.31 bits per heavy atom. The van der Waals surface area contributed by atoms with Crippen LogP contribution in [0.3, 0.4) is 0 Å². The summed E-state index contributed by atoms with van der Waals surface area (Å²) in [6, 6.07) is 13.9. The summed E-state index contributed by atoms with van der Waals surface area (Å²) in [7, 11) is 0. The number of hydrogen-bond acceptors (Lipinski definition) is 5. The normalized spacial score (nSPS) is 12.0. The second-order valence-corrected chi connectivity index (χ2v) is 7.71. The minimum absolute atomic E-state index is 0.0254. The van der Waals surface area contributed by atoms with Crippen LogP contribution in [-0.2, 0) is 17.8 Å². The summed E-state index contributed by atoms with van der Waals surface area (Å²) < 4.78 is 1.58. The number of aromatic amines is 1. The summed E-state index contributed by atoms with van der Waals surface area (Å²) in [5, 5.41) is 12.0. The molecule has 2 aromatic heterocycles. The Morgan fingerprint density at radius 3 is 2.85 bits per heavy atom. The molecule has 3 aromatic rings. The fourth-order valence-corrected chi connectivity index (χ4v) is 4.04. The van der Waals surface area contributed by atoms with Crippen LogP contribution >= 0.6 is 23.1 Å². The molecular formula is C18H20N4O2S2. The molecule has 0 radical (unpaired) electrons. The standard InChI is InChI=1S/C18H20N4O2S2/c1-13(15-8-5-11-25-15)19-16(23)12-26-18-21-20-17(24)22(18)10-9-14-6-3-2-4-7-14/h2-8,11,13H,9-10,12H2,1H3,(H,19,23)(H,20,24). The third-order valence-electron chi connectivity index (χ3n) is 3.87. The molecule has 2 N–H and O–H groups in total. The van der Waals surface area contributed by atoms with Crippen LogP contribution in [0, 0.1) is 0 Å². The van der Waals surface area contributed by atoms with E-state index in [0.717, 1.165) is 16.9 Å². The van der Waals surface area contributed by atoms with Crippen molar-refractivity contribution in [1.29, 1.82) is 0 Å². The van der Waals surface area contributed by atoms with Gasteiger partial charge in [-0.3, -0.25) is 9.36 Å². The monoisotopic (exact) mass is 388 g/mol. The van der Waals surface area contributed by atoms with Crippen molar-refractivity contribution in [2.24, 2.45) is 0 Å². The van der Waals surface area contributed by atoms with Gasteiger partial charge in [-0.2, -0.15) is 0 Å². The van der Waals surface area contributed by atoms with E-state index >= 15 is 0 Å². The zero-order valence-electron chi connectivity index (χ0n) is 14.3. The van der Waals surface area contributed by atoms with E-state index < -0.39 is 0 Å². The summed E-state index contributed by atoms with van der Waals surface area (Å²) in [5.41, 5.74) is 0.898. The molecule has 6 nitrogen and oxygen atoms in total. The van der Waals surface area contributed by atoms with E-state index in [1.165, 1.54) is 11.8 Å². The summed E-state index contributed by atoms with van der Waals surface area (Å²) in [6.45, 7) is 2.48. The zero-order valence-corrected chi connectivity index (χ0v) is 16.0. The van der Waals surface area contributed by atoms with Crippen molar-refractivity contribution in [3.63, 3.8) is 0 Å². The first-order valence-electron chi connectivity index (χ1n) is 8.28. The van der Waals surface area contributed by atoms with Crippen molar-refractivity contribution in [3.8, 4) is 0 Å². The number of nitrogens with one attached hydrogen (secondary N) is 2. The molecule has 136 valence electrons. The van der Waals surface area contributed by atoms with Crippen LogP contribution in [0.4, 0.5) is 0 Å². The summed E-state index contributed by atoms with van der Waals surface area (Å²) in [6.07, 6.45) is 0.732. The fourth-order valence-electron chi connectivity index (χ4n) is 2.52. The number of aryl methyl sites for hydroxylation is 1. The lowest BCUT2D eigenvalue weighted by atomic mass is 10.1. The Morgan fingerprint density at radius 2 is 2.12 bits per heavy atom. The van der Waals surface area contributed by atoms with E-state index in [4.69, 9.17) is 0 Å². The average molecular weight is 389 g/mol. The molecule has 0 saturated carbocycles. The van der Waals surface area contributed by atoms with E-state index in [2.05, 4.69) is 15.5 Å². The van der Waals surface area contributed by atoms with Crippen molar-refractivity contribution in [2.75, 3.05) is 5.75 Å². The SMILES string of the molecule is CC(NC(=O)CSc1n[nH]c(=O)n1CCc1ccccc1)c1cccs1. The van der Waals surface area contributed by atoms with E-state index in [0.29, 0.717) is 11.7 Å². The van der Waals surface area contributed by atoms with Crippen LogP contribution in [0.5, 0.6) is 0 Å². The number of aromatic nitrogens is 3. The molecule has 26 heavy (non-hydrogen) atoms. The number of H-pyrrole nitrogens is 1. The molecular weight excluding hydrogens is 368 g/mol. The van der Waals surface area contributed by atoms with Gasteiger partial charge in [0.05, 0.1) is 11.8 Å². The number of hydrogen-bond donors (Lipinski definition) is 2. The van der Waals surface area contributed by atoms with Crippen molar-refractivity contribution in [2.45, 2.75) is 31.1 Å². The number of rotatable bonds is 8.